The standard InChI is InChI=1S/C25H23FN2O5S/c1-16-15-18(26)11-14-22(16)34(31,32)28-21-10-6-5-9-20(21)25(30)33-23(17-7-3-2-4-8-17)24(29)27-19-12-13-19/h2-11,14-15,19,23,28H,12-13H2,1H3,(H,27,29). The minimum atomic E-state index is -4.13. The molecule has 0 aromatic heterocycles. The second-order valence-corrected chi connectivity index (χ2v) is 9.69. The lowest BCUT2D eigenvalue weighted by molar-refractivity contribution is -0.130. The van der Waals surface area contributed by atoms with Crippen LogP contribution < -0.4 is 10.0 Å². The zero-order chi connectivity index (χ0) is 24.3. The zero-order valence-electron chi connectivity index (χ0n) is 18.3. The first kappa shape index (κ1) is 23.4. The fourth-order valence-corrected chi connectivity index (χ4v) is 4.75. The average Bonchev–Trinajstić information content (AvgIpc) is 3.61. The third kappa shape index (κ3) is 5.43. The van der Waals surface area contributed by atoms with Crippen LogP contribution in [-0.2, 0) is 19.6 Å². The fourth-order valence-electron chi connectivity index (χ4n) is 3.44. The van der Waals surface area contributed by atoms with Crippen LogP contribution in [0.1, 0.15) is 40.4 Å². The molecule has 0 aliphatic heterocycles. The highest BCUT2D eigenvalue weighted by Crippen LogP contribution is 2.27. The molecule has 9 heteroatoms. The SMILES string of the molecule is Cc1cc(F)ccc1S(=O)(=O)Nc1ccccc1C(=O)OC(C(=O)NC1CC1)c1ccccc1. The average molecular weight is 483 g/mol. The van der Waals surface area contributed by atoms with E-state index in [0.717, 1.165) is 31.0 Å². The van der Waals surface area contributed by atoms with Crippen molar-refractivity contribution in [3.05, 3.63) is 95.3 Å². The number of hydrogen-bond donors (Lipinski definition) is 2. The van der Waals surface area contributed by atoms with Crippen molar-refractivity contribution >= 4 is 27.6 Å². The first-order chi connectivity index (χ1) is 16.2. The Morgan fingerprint density at radius 1 is 1.00 bits per heavy atom. The Bertz CT molecular complexity index is 1320. The first-order valence-electron chi connectivity index (χ1n) is 10.7. The van der Waals surface area contributed by atoms with Crippen molar-refractivity contribution in [3.8, 4) is 0 Å². The van der Waals surface area contributed by atoms with E-state index in [-0.39, 0.29) is 27.8 Å². The van der Waals surface area contributed by atoms with E-state index in [4.69, 9.17) is 4.74 Å². The molecule has 4 rings (SSSR count). The third-order valence-corrected chi connectivity index (χ3v) is 6.83. The van der Waals surface area contributed by atoms with Crippen molar-refractivity contribution in [2.24, 2.45) is 0 Å². The number of carbonyl (C=O) groups excluding carboxylic acids is 2. The van der Waals surface area contributed by atoms with Gasteiger partial charge in [0.2, 0.25) is 6.10 Å². The Kier molecular flexibility index (Phi) is 6.65. The molecule has 7 nitrogen and oxygen atoms in total. The second kappa shape index (κ2) is 9.64. The van der Waals surface area contributed by atoms with Crippen molar-refractivity contribution in [1.82, 2.24) is 5.32 Å². The number of rotatable bonds is 8. The monoisotopic (exact) mass is 482 g/mol. The number of para-hydroxylation sites is 1. The van der Waals surface area contributed by atoms with Gasteiger partial charge in [0.05, 0.1) is 16.1 Å². The number of sulfonamides is 1. The van der Waals surface area contributed by atoms with Crippen LogP contribution in [-0.4, -0.2) is 26.3 Å². The van der Waals surface area contributed by atoms with Gasteiger partial charge in [-0.05, 0) is 55.7 Å². The van der Waals surface area contributed by atoms with Crippen LogP contribution in [0.15, 0.2) is 77.7 Å². The Hall–Kier alpha value is -3.72. The number of aryl methyl sites for hydroxylation is 1. The van der Waals surface area contributed by atoms with Gasteiger partial charge in [-0.2, -0.15) is 0 Å². The number of carbonyl (C=O) groups is 2. The minimum absolute atomic E-state index is 0.0226. The lowest BCUT2D eigenvalue weighted by Gasteiger charge is -2.19. The summed E-state index contributed by atoms with van der Waals surface area (Å²) in [6.07, 6.45) is 0.543. The topological polar surface area (TPSA) is 102 Å². The van der Waals surface area contributed by atoms with E-state index in [9.17, 15) is 22.4 Å². The molecule has 1 fully saturated rings. The van der Waals surface area contributed by atoms with Crippen molar-refractivity contribution in [2.75, 3.05) is 4.72 Å². The molecule has 1 amide bonds. The molecule has 1 aliphatic rings. The van der Waals surface area contributed by atoms with Gasteiger partial charge < -0.3 is 10.1 Å². The van der Waals surface area contributed by atoms with E-state index in [1.165, 1.54) is 19.1 Å². The number of ether oxygens (including phenoxy) is 1. The van der Waals surface area contributed by atoms with E-state index < -0.39 is 33.8 Å². The van der Waals surface area contributed by atoms with Crippen LogP contribution >= 0.6 is 0 Å². The van der Waals surface area contributed by atoms with Gasteiger partial charge >= 0.3 is 5.97 Å². The van der Waals surface area contributed by atoms with Gasteiger partial charge in [0.1, 0.15) is 5.82 Å². The van der Waals surface area contributed by atoms with E-state index >= 15 is 0 Å². The van der Waals surface area contributed by atoms with Crippen molar-refractivity contribution in [1.29, 1.82) is 0 Å². The number of amides is 1. The molecule has 176 valence electrons. The number of halogens is 1. The quantitative estimate of drug-likeness (QED) is 0.471. The van der Waals surface area contributed by atoms with Gasteiger partial charge in [-0.25, -0.2) is 17.6 Å². The van der Waals surface area contributed by atoms with Gasteiger partial charge in [-0.3, -0.25) is 9.52 Å². The van der Waals surface area contributed by atoms with Crippen LogP contribution in [0.2, 0.25) is 0 Å². The van der Waals surface area contributed by atoms with Crippen LogP contribution in [0.5, 0.6) is 0 Å². The molecule has 1 unspecified atom stereocenters. The normalized spacial score (nSPS) is 14.2. The van der Waals surface area contributed by atoms with Crippen molar-refractivity contribution in [3.63, 3.8) is 0 Å². The molecule has 0 radical (unpaired) electrons. The van der Waals surface area contributed by atoms with Crippen molar-refractivity contribution in [2.45, 2.75) is 36.8 Å². The highest BCUT2D eigenvalue weighted by molar-refractivity contribution is 7.92. The summed E-state index contributed by atoms with van der Waals surface area (Å²) in [5.41, 5.74) is 0.624. The van der Waals surface area contributed by atoms with E-state index in [1.807, 2.05) is 0 Å². The number of hydrogen-bond acceptors (Lipinski definition) is 5. The molecule has 34 heavy (non-hydrogen) atoms. The lowest BCUT2D eigenvalue weighted by atomic mass is 10.1. The van der Waals surface area contributed by atoms with E-state index in [1.54, 1.807) is 42.5 Å². The van der Waals surface area contributed by atoms with E-state index in [0.29, 0.717) is 5.56 Å². The Balaban J connectivity index is 1.60. The zero-order valence-corrected chi connectivity index (χ0v) is 19.1. The molecular formula is C25H23FN2O5S. The molecular weight excluding hydrogens is 459 g/mol. The van der Waals surface area contributed by atoms with E-state index in [2.05, 4.69) is 10.0 Å². The number of benzene rings is 3. The van der Waals surface area contributed by atoms with Crippen LogP contribution in [0.3, 0.4) is 0 Å². The van der Waals surface area contributed by atoms with Crippen LogP contribution in [0, 0.1) is 12.7 Å². The second-order valence-electron chi connectivity index (χ2n) is 8.04. The molecule has 0 saturated heterocycles. The summed E-state index contributed by atoms with van der Waals surface area (Å²) in [6.45, 7) is 1.47. The molecule has 0 spiro atoms. The Morgan fingerprint density at radius 2 is 1.68 bits per heavy atom. The summed E-state index contributed by atoms with van der Waals surface area (Å²) in [5, 5.41) is 2.84. The van der Waals surface area contributed by atoms with Crippen LogP contribution in [0.4, 0.5) is 10.1 Å². The molecule has 3 aromatic carbocycles. The van der Waals surface area contributed by atoms with Crippen molar-refractivity contribution < 1.29 is 27.1 Å². The summed E-state index contributed by atoms with van der Waals surface area (Å²) in [6, 6.07) is 17.9. The van der Waals surface area contributed by atoms with Gasteiger partial charge in [-0.1, -0.05) is 42.5 Å². The summed E-state index contributed by atoms with van der Waals surface area (Å²) in [7, 11) is -4.13. The Morgan fingerprint density at radius 3 is 2.35 bits per heavy atom. The molecule has 3 aromatic rings. The molecule has 1 aliphatic carbocycles. The predicted octanol–water partition coefficient (Wildman–Crippen LogP) is 4.11. The highest BCUT2D eigenvalue weighted by atomic mass is 32.2. The van der Waals surface area contributed by atoms with Gasteiger partial charge in [0.15, 0.2) is 0 Å². The number of nitrogens with one attached hydrogen (secondary N) is 2. The van der Waals surface area contributed by atoms with Gasteiger partial charge in [0.25, 0.3) is 15.9 Å². The lowest BCUT2D eigenvalue weighted by Crippen LogP contribution is -2.33. The Labute approximate surface area is 197 Å². The molecule has 1 saturated carbocycles. The fraction of sp³-hybridized carbons (Fsp3) is 0.200. The maximum absolute atomic E-state index is 13.4. The van der Waals surface area contributed by atoms with Crippen LogP contribution in [0.25, 0.3) is 0 Å². The molecule has 2 N–H and O–H groups in total. The molecule has 1 atom stereocenters. The smallest absolute Gasteiger partial charge is 0.341 e. The van der Waals surface area contributed by atoms with Gasteiger partial charge in [-0.15, -0.1) is 0 Å². The molecule has 0 heterocycles. The minimum Gasteiger partial charge on any atom is -0.444 e. The van der Waals surface area contributed by atoms with Gasteiger partial charge in [0, 0.05) is 11.6 Å². The summed E-state index contributed by atoms with van der Waals surface area (Å²) >= 11 is 0. The number of esters is 1. The summed E-state index contributed by atoms with van der Waals surface area (Å²) < 4.78 is 47.3. The first-order valence-corrected chi connectivity index (χ1v) is 12.2. The third-order valence-electron chi connectivity index (χ3n) is 5.31. The maximum atomic E-state index is 13.4. The highest BCUT2D eigenvalue weighted by Gasteiger charge is 2.32. The largest absolute Gasteiger partial charge is 0.444 e. The maximum Gasteiger partial charge on any atom is 0.341 e. The summed E-state index contributed by atoms with van der Waals surface area (Å²) in [5.74, 6) is -1.87. The molecule has 0 bridgehead atoms. The summed E-state index contributed by atoms with van der Waals surface area (Å²) in [4.78, 5) is 25.8. The number of anilines is 1. The predicted molar refractivity (Wildman–Crippen MR) is 124 cm³/mol.